The van der Waals surface area contributed by atoms with E-state index in [1.807, 2.05) is 0 Å². The number of hydrogen-bond donors (Lipinski definition) is 2. The summed E-state index contributed by atoms with van der Waals surface area (Å²) in [6.45, 7) is 10.3. The molecule has 2 nitrogen and oxygen atoms in total. The zero-order chi connectivity index (χ0) is 8.32. The van der Waals surface area contributed by atoms with Gasteiger partial charge < -0.3 is 10.6 Å². The molecule has 1 unspecified atom stereocenters. The van der Waals surface area contributed by atoms with E-state index in [-0.39, 0.29) is 0 Å². The lowest BCUT2D eigenvalue weighted by molar-refractivity contribution is 0.260. The number of nitrogens with one attached hydrogen (secondary N) is 2. The van der Waals surface area contributed by atoms with Gasteiger partial charge in [0, 0.05) is 18.6 Å². The van der Waals surface area contributed by atoms with Gasteiger partial charge in [-0.3, -0.25) is 0 Å². The highest BCUT2D eigenvalue weighted by atomic mass is 15.0. The van der Waals surface area contributed by atoms with Gasteiger partial charge in [0.2, 0.25) is 0 Å². The first kappa shape index (κ1) is 9.01. The van der Waals surface area contributed by atoms with Crippen molar-refractivity contribution >= 4 is 0 Å². The zero-order valence-electron chi connectivity index (χ0n) is 7.91. The largest absolute Gasteiger partial charge is 0.315 e. The first-order valence-electron chi connectivity index (χ1n) is 4.61. The van der Waals surface area contributed by atoms with Crippen LogP contribution in [0.3, 0.4) is 0 Å². The number of hydrogen-bond acceptors (Lipinski definition) is 2. The minimum absolute atomic E-state index is 0.351. The fourth-order valence-electron chi connectivity index (χ4n) is 1.49. The second-order valence-corrected chi connectivity index (χ2v) is 4.00. The van der Waals surface area contributed by atoms with Crippen LogP contribution in [0.5, 0.6) is 0 Å². The lowest BCUT2D eigenvalue weighted by Gasteiger charge is -2.33. The van der Waals surface area contributed by atoms with Gasteiger partial charge in [-0.25, -0.2) is 0 Å². The van der Waals surface area contributed by atoms with E-state index in [2.05, 4.69) is 31.4 Å². The molecule has 2 N–H and O–H groups in total. The predicted octanol–water partition coefficient (Wildman–Crippen LogP) is 0.984. The summed E-state index contributed by atoms with van der Waals surface area (Å²) < 4.78 is 0. The Bertz CT molecular complexity index is 113. The van der Waals surface area contributed by atoms with Crippen molar-refractivity contribution in [2.75, 3.05) is 19.6 Å². The molecular weight excluding hydrogens is 136 g/mol. The van der Waals surface area contributed by atoms with E-state index >= 15 is 0 Å². The number of rotatable bonds is 1. The summed E-state index contributed by atoms with van der Waals surface area (Å²) >= 11 is 0. The summed E-state index contributed by atoms with van der Waals surface area (Å²) in [6, 6.07) is 0. The Morgan fingerprint density at radius 2 is 1.91 bits per heavy atom. The first-order valence-corrected chi connectivity index (χ1v) is 4.61. The average Bonchev–Trinajstić information content (AvgIpc) is 2.15. The predicted molar refractivity (Wildman–Crippen MR) is 48.7 cm³/mol. The fraction of sp³-hybridized carbons (Fsp3) is 1.00. The van der Waals surface area contributed by atoms with Crippen LogP contribution in [0.2, 0.25) is 0 Å². The van der Waals surface area contributed by atoms with Crippen LogP contribution in [0.25, 0.3) is 0 Å². The van der Waals surface area contributed by atoms with Crippen molar-refractivity contribution in [1.82, 2.24) is 10.6 Å². The Hall–Kier alpha value is -0.0800. The Kier molecular flexibility index (Phi) is 2.90. The van der Waals surface area contributed by atoms with Crippen molar-refractivity contribution < 1.29 is 0 Å². The Labute approximate surface area is 69.8 Å². The molecule has 0 aromatic heterocycles. The highest BCUT2D eigenvalue weighted by molar-refractivity contribution is 4.88. The topological polar surface area (TPSA) is 24.1 Å². The summed E-state index contributed by atoms with van der Waals surface area (Å²) in [5, 5.41) is 6.99. The smallest absolute Gasteiger partial charge is 0.0188 e. The lowest BCUT2D eigenvalue weighted by Crippen LogP contribution is -2.46. The molecule has 0 aromatic rings. The Balaban J connectivity index is 2.52. The summed E-state index contributed by atoms with van der Waals surface area (Å²) in [5.74, 6) is 0.724. The van der Waals surface area contributed by atoms with Crippen molar-refractivity contribution in [1.29, 1.82) is 0 Å². The van der Waals surface area contributed by atoms with Crippen LogP contribution in [0.1, 0.15) is 27.2 Å². The zero-order valence-corrected chi connectivity index (χ0v) is 7.91. The Morgan fingerprint density at radius 3 is 2.55 bits per heavy atom. The van der Waals surface area contributed by atoms with Crippen molar-refractivity contribution in [3.63, 3.8) is 0 Å². The van der Waals surface area contributed by atoms with E-state index in [4.69, 9.17) is 0 Å². The molecule has 2 heteroatoms. The quantitative estimate of drug-likeness (QED) is 0.591. The molecule has 1 fully saturated rings. The minimum Gasteiger partial charge on any atom is -0.315 e. The van der Waals surface area contributed by atoms with Crippen LogP contribution in [0, 0.1) is 5.92 Å². The van der Waals surface area contributed by atoms with E-state index in [0.717, 1.165) is 25.6 Å². The molecule has 1 saturated heterocycles. The monoisotopic (exact) mass is 156 g/mol. The standard InChI is InChI=1S/C9H20N2/c1-8(2)9(3)4-5-10-6-7-11-9/h8,10-11H,4-7H2,1-3H3. The summed E-state index contributed by atoms with van der Waals surface area (Å²) in [4.78, 5) is 0. The van der Waals surface area contributed by atoms with Gasteiger partial charge >= 0.3 is 0 Å². The molecule has 1 atom stereocenters. The van der Waals surface area contributed by atoms with Crippen LogP contribution < -0.4 is 10.6 Å². The third kappa shape index (κ3) is 2.17. The van der Waals surface area contributed by atoms with Gasteiger partial charge in [0.25, 0.3) is 0 Å². The van der Waals surface area contributed by atoms with Crippen molar-refractivity contribution in [3.8, 4) is 0 Å². The second-order valence-electron chi connectivity index (χ2n) is 4.00. The second kappa shape index (κ2) is 3.55. The van der Waals surface area contributed by atoms with Gasteiger partial charge in [0.15, 0.2) is 0 Å². The van der Waals surface area contributed by atoms with E-state index in [1.54, 1.807) is 0 Å². The van der Waals surface area contributed by atoms with E-state index < -0.39 is 0 Å². The average molecular weight is 156 g/mol. The van der Waals surface area contributed by atoms with Crippen molar-refractivity contribution in [2.24, 2.45) is 5.92 Å². The minimum atomic E-state index is 0.351. The van der Waals surface area contributed by atoms with Crippen LogP contribution in [-0.2, 0) is 0 Å². The molecule has 1 heterocycles. The maximum absolute atomic E-state index is 3.59. The van der Waals surface area contributed by atoms with Gasteiger partial charge in [-0.05, 0) is 25.8 Å². The SMILES string of the molecule is CC(C)C1(C)CCNCCN1. The fourth-order valence-corrected chi connectivity index (χ4v) is 1.49. The molecule has 1 aliphatic rings. The van der Waals surface area contributed by atoms with Crippen LogP contribution >= 0.6 is 0 Å². The van der Waals surface area contributed by atoms with Crippen LogP contribution in [0.4, 0.5) is 0 Å². The van der Waals surface area contributed by atoms with Crippen LogP contribution in [0.15, 0.2) is 0 Å². The van der Waals surface area contributed by atoms with Gasteiger partial charge in [0.1, 0.15) is 0 Å². The molecule has 1 aliphatic heterocycles. The van der Waals surface area contributed by atoms with Crippen molar-refractivity contribution in [2.45, 2.75) is 32.7 Å². The summed E-state index contributed by atoms with van der Waals surface area (Å²) in [5.41, 5.74) is 0.351. The maximum atomic E-state index is 3.59. The first-order chi connectivity index (χ1) is 5.15. The lowest BCUT2D eigenvalue weighted by atomic mass is 9.85. The third-order valence-electron chi connectivity index (χ3n) is 2.93. The summed E-state index contributed by atoms with van der Waals surface area (Å²) in [6.07, 6.45) is 1.24. The molecule has 0 aliphatic carbocycles. The molecule has 0 radical (unpaired) electrons. The van der Waals surface area contributed by atoms with Gasteiger partial charge in [-0.2, -0.15) is 0 Å². The van der Waals surface area contributed by atoms with Gasteiger partial charge in [-0.15, -0.1) is 0 Å². The summed E-state index contributed by atoms with van der Waals surface area (Å²) in [7, 11) is 0. The third-order valence-corrected chi connectivity index (χ3v) is 2.93. The van der Waals surface area contributed by atoms with Crippen LogP contribution in [-0.4, -0.2) is 25.2 Å². The molecule has 0 amide bonds. The molecule has 0 saturated carbocycles. The highest BCUT2D eigenvalue weighted by Gasteiger charge is 2.27. The highest BCUT2D eigenvalue weighted by Crippen LogP contribution is 2.20. The van der Waals surface area contributed by atoms with E-state index in [1.165, 1.54) is 6.42 Å². The molecule has 0 spiro atoms. The van der Waals surface area contributed by atoms with E-state index in [0.29, 0.717) is 5.54 Å². The molecule has 66 valence electrons. The normalized spacial score (nSPS) is 33.8. The Morgan fingerprint density at radius 1 is 1.18 bits per heavy atom. The van der Waals surface area contributed by atoms with E-state index in [9.17, 15) is 0 Å². The van der Waals surface area contributed by atoms with Crippen molar-refractivity contribution in [3.05, 3.63) is 0 Å². The molecule has 0 bridgehead atoms. The van der Waals surface area contributed by atoms with Gasteiger partial charge in [-0.1, -0.05) is 13.8 Å². The molecule has 0 aromatic carbocycles. The van der Waals surface area contributed by atoms with Gasteiger partial charge in [0.05, 0.1) is 0 Å². The molecule has 1 rings (SSSR count). The molecule has 11 heavy (non-hydrogen) atoms. The maximum Gasteiger partial charge on any atom is 0.0188 e. The molecular formula is C9H20N2.